The summed E-state index contributed by atoms with van der Waals surface area (Å²) in [7, 11) is 0. The molecule has 1 saturated carbocycles. The summed E-state index contributed by atoms with van der Waals surface area (Å²) in [5.41, 5.74) is 1.97. The number of amides is 1. The van der Waals surface area contributed by atoms with E-state index in [0.717, 1.165) is 42.7 Å². The summed E-state index contributed by atoms with van der Waals surface area (Å²) >= 11 is 0. The molecule has 4 rings (SSSR count). The van der Waals surface area contributed by atoms with Crippen LogP contribution in [-0.2, 0) is 11.0 Å². The summed E-state index contributed by atoms with van der Waals surface area (Å²) in [5, 5.41) is 9.99. The van der Waals surface area contributed by atoms with E-state index in [0.29, 0.717) is 17.3 Å². The number of hydrogen-bond donors (Lipinski definition) is 2. The molecule has 4 nitrogen and oxygen atoms in total. The van der Waals surface area contributed by atoms with Gasteiger partial charge in [0.1, 0.15) is 0 Å². The molecule has 0 spiro atoms. The first-order valence-electron chi connectivity index (χ1n) is 7.98. The minimum Gasteiger partial charge on any atom is -0.309 e. The van der Waals surface area contributed by atoms with Gasteiger partial charge < -0.3 is 5.32 Å². The summed E-state index contributed by atoms with van der Waals surface area (Å²) in [6.07, 6.45) is -0.835. The molecule has 0 saturated heterocycles. The number of rotatable bonds is 2. The number of anilines is 1. The van der Waals surface area contributed by atoms with E-state index in [1.807, 2.05) is 0 Å². The molecule has 1 aromatic carbocycles. The van der Waals surface area contributed by atoms with E-state index in [-0.39, 0.29) is 18.2 Å². The second-order valence-corrected chi connectivity index (χ2v) is 6.45. The molecular weight excluding hydrogens is 319 g/mol. The summed E-state index contributed by atoms with van der Waals surface area (Å²) in [4.78, 5) is 12.0. The van der Waals surface area contributed by atoms with Gasteiger partial charge in [-0.15, -0.1) is 0 Å². The Balaban J connectivity index is 1.73. The Bertz CT molecular complexity index is 775. The molecule has 2 N–H and O–H groups in total. The van der Waals surface area contributed by atoms with Crippen LogP contribution in [0.3, 0.4) is 0 Å². The normalized spacial score (nSPS) is 21.1. The number of aromatic amines is 1. The van der Waals surface area contributed by atoms with Gasteiger partial charge in [0.05, 0.1) is 5.56 Å². The number of carbonyl (C=O) groups excluding carboxylic acids is 1. The molecule has 1 unspecified atom stereocenters. The zero-order chi connectivity index (χ0) is 16.9. The fourth-order valence-corrected chi connectivity index (χ4v) is 3.48. The van der Waals surface area contributed by atoms with Crippen LogP contribution in [0.4, 0.5) is 19.0 Å². The molecule has 0 bridgehead atoms. The molecule has 1 aliphatic heterocycles. The van der Waals surface area contributed by atoms with Gasteiger partial charge >= 0.3 is 6.18 Å². The van der Waals surface area contributed by atoms with Gasteiger partial charge in [-0.25, -0.2) is 0 Å². The summed E-state index contributed by atoms with van der Waals surface area (Å²) in [6, 6.07) is 5.08. The molecule has 0 radical (unpaired) electrons. The van der Waals surface area contributed by atoms with Crippen molar-refractivity contribution in [2.75, 3.05) is 5.32 Å². The molecule has 1 amide bonds. The van der Waals surface area contributed by atoms with Crippen molar-refractivity contribution in [1.82, 2.24) is 10.2 Å². The van der Waals surface area contributed by atoms with Crippen molar-refractivity contribution in [2.24, 2.45) is 0 Å². The number of fused-ring (bicyclic) bond motifs is 1. The highest BCUT2D eigenvalue weighted by Gasteiger charge is 2.36. The zero-order valence-electron chi connectivity index (χ0n) is 12.8. The SMILES string of the molecule is O=C1CC(c2ccc(C(F)(F)F)cc2)c2c(n[nH]c2C2CCC2)N1. The van der Waals surface area contributed by atoms with Gasteiger partial charge in [-0.2, -0.15) is 18.3 Å². The lowest BCUT2D eigenvalue weighted by Crippen LogP contribution is -2.24. The van der Waals surface area contributed by atoms with E-state index in [1.54, 1.807) is 0 Å². The van der Waals surface area contributed by atoms with Gasteiger partial charge in [-0.1, -0.05) is 18.6 Å². The minimum atomic E-state index is -4.36. The number of aromatic nitrogens is 2. The molecule has 1 atom stereocenters. The summed E-state index contributed by atoms with van der Waals surface area (Å²) in [5.74, 6) is 0.482. The molecule has 1 aliphatic carbocycles. The maximum Gasteiger partial charge on any atom is 0.416 e. The van der Waals surface area contributed by atoms with Crippen molar-refractivity contribution in [3.63, 3.8) is 0 Å². The number of alkyl halides is 3. The molecule has 7 heteroatoms. The molecule has 2 aromatic rings. The standard InChI is InChI=1S/C17H16F3N3O/c18-17(19,20)11-6-4-9(5-7-11)12-8-13(24)21-16-14(12)15(22-23-16)10-2-1-3-10/h4-7,10,12H,1-3,8H2,(H2,21,22,23,24). The first-order valence-corrected chi connectivity index (χ1v) is 7.98. The second-order valence-electron chi connectivity index (χ2n) is 6.45. The molecule has 24 heavy (non-hydrogen) atoms. The molecular formula is C17H16F3N3O. The first kappa shape index (κ1) is 15.2. The van der Waals surface area contributed by atoms with Crippen LogP contribution < -0.4 is 5.32 Å². The van der Waals surface area contributed by atoms with Crippen LogP contribution in [0.25, 0.3) is 0 Å². The zero-order valence-corrected chi connectivity index (χ0v) is 12.8. The number of nitrogens with zero attached hydrogens (tertiary/aromatic N) is 1. The van der Waals surface area contributed by atoms with E-state index in [4.69, 9.17) is 0 Å². The van der Waals surface area contributed by atoms with Gasteiger partial charge in [-0.05, 0) is 30.5 Å². The van der Waals surface area contributed by atoms with E-state index >= 15 is 0 Å². The maximum atomic E-state index is 12.8. The molecule has 1 fully saturated rings. The summed E-state index contributed by atoms with van der Waals surface area (Å²) in [6.45, 7) is 0. The number of carbonyl (C=O) groups is 1. The number of hydrogen-bond acceptors (Lipinski definition) is 2. The Morgan fingerprint density at radius 3 is 2.42 bits per heavy atom. The Morgan fingerprint density at radius 2 is 1.83 bits per heavy atom. The highest BCUT2D eigenvalue weighted by atomic mass is 19.4. The fourth-order valence-electron chi connectivity index (χ4n) is 3.48. The predicted octanol–water partition coefficient (Wildman–Crippen LogP) is 4.17. The van der Waals surface area contributed by atoms with Crippen molar-refractivity contribution in [1.29, 1.82) is 0 Å². The monoisotopic (exact) mass is 335 g/mol. The second kappa shape index (κ2) is 5.36. The van der Waals surface area contributed by atoms with E-state index in [9.17, 15) is 18.0 Å². The lowest BCUT2D eigenvalue weighted by Gasteiger charge is -2.29. The molecule has 1 aromatic heterocycles. The lowest BCUT2D eigenvalue weighted by molar-refractivity contribution is -0.137. The molecule has 126 valence electrons. The van der Waals surface area contributed by atoms with Gasteiger partial charge in [0, 0.05) is 29.5 Å². The number of halogens is 3. The average Bonchev–Trinajstić information content (AvgIpc) is 2.87. The van der Waals surface area contributed by atoms with Crippen LogP contribution in [0.2, 0.25) is 0 Å². The number of H-pyrrole nitrogens is 1. The van der Waals surface area contributed by atoms with Gasteiger partial charge in [0.25, 0.3) is 0 Å². The van der Waals surface area contributed by atoms with Gasteiger partial charge in [-0.3, -0.25) is 9.89 Å². The summed E-state index contributed by atoms with van der Waals surface area (Å²) < 4.78 is 38.3. The maximum absolute atomic E-state index is 12.8. The van der Waals surface area contributed by atoms with Crippen LogP contribution in [0, 0.1) is 0 Å². The van der Waals surface area contributed by atoms with Crippen molar-refractivity contribution in [3.8, 4) is 0 Å². The van der Waals surface area contributed by atoms with Crippen molar-refractivity contribution >= 4 is 11.7 Å². The van der Waals surface area contributed by atoms with Gasteiger partial charge in [0.15, 0.2) is 5.82 Å². The third kappa shape index (κ3) is 2.48. The Hall–Kier alpha value is -2.31. The minimum absolute atomic E-state index is 0.168. The largest absolute Gasteiger partial charge is 0.416 e. The van der Waals surface area contributed by atoms with Crippen LogP contribution >= 0.6 is 0 Å². The Labute approximate surface area is 136 Å². The van der Waals surface area contributed by atoms with Crippen LogP contribution in [0.1, 0.15) is 59.9 Å². The van der Waals surface area contributed by atoms with E-state index in [2.05, 4.69) is 15.5 Å². The fraction of sp³-hybridized carbons (Fsp3) is 0.412. The number of benzene rings is 1. The highest BCUT2D eigenvalue weighted by molar-refractivity contribution is 5.94. The Morgan fingerprint density at radius 1 is 1.12 bits per heavy atom. The molecule has 2 heterocycles. The third-order valence-electron chi connectivity index (χ3n) is 4.98. The smallest absolute Gasteiger partial charge is 0.309 e. The van der Waals surface area contributed by atoms with Crippen molar-refractivity contribution < 1.29 is 18.0 Å². The van der Waals surface area contributed by atoms with Gasteiger partial charge in [0.2, 0.25) is 5.91 Å². The average molecular weight is 335 g/mol. The van der Waals surface area contributed by atoms with Crippen LogP contribution in [0.5, 0.6) is 0 Å². The Kier molecular flexibility index (Phi) is 3.40. The third-order valence-corrected chi connectivity index (χ3v) is 4.98. The topological polar surface area (TPSA) is 57.8 Å². The predicted molar refractivity (Wildman–Crippen MR) is 81.7 cm³/mol. The highest BCUT2D eigenvalue weighted by Crippen LogP contribution is 2.45. The molecule has 2 aliphatic rings. The number of nitrogens with one attached hydrogen (secondary N) is 2. The van der Waals surface area contributed by atoms with E-state index in [1.165, 1.54) is 12.1 Å². The van der Waals surface area contributed by atoms with Crippen molar-refractivity contribution in [2.45, 2.75) is 43.7 Å². The van der Waals surface area contributed by atoms with Crippen LogP contribution in [-0.4, -0.2) is 16.1 Å². The lowest BCUT2D eigenvalue weighted by atomic mass is 9.77. The van der Waals surface area contributed by atoms with E-state index < -0.39 is 11.7 Å². The quantitative estimate of drug-likeness (QED) is 0.865. The van der Waals surface area contributed by atoms with Crippen molar-refractivity contribution in [3.05, 3.63) is 46.6 Å². The first-order chi connectivity index (χ1) is 11.4. The van der Waals surface area contributed by atoms with Crippen LogP contribution in [0.15, 0.2) is 24.3 Å².